The molecule has 5 heterocycles. The molecule has 4 aromatic rings. The predicted octanol–water partition coefficient (Wildman–Crippen LogP) is 8.59. The zero-order valence-electron chi connectivity index (χ0n) is 34.3. The normalized spacial score (nSPS) is 24.9. The first kappa shape index (κ1) is 35.4. The van der Waals surface area contributed by atoms with Crippen molar-refractivity contribution >= 4 is 41.3 Å². The first-order chi connectivity index (χ1) is 27.0. The van der Waals surface area contributed by atoms with Crippen LogP contribution < -0.4 is 15.4 Å². The van der Waals surface area contributed by atoms with Crippen LogP contribution in [0.4, 0.5) is 29.1 Å². The number of nitrogens with zero attached hydrogens (tertiary/aromatic N) is 5. The van der Waals surface area contributed by atoms with Gasteiger partial charge in [-0.05, 0) is 66.0 Å². The van der Waals surface area contributed by atoms with Gasteiger partial charge in [-0.3, -0.25) is 9.88 Å². The monoisotopic (exact) mass is 776 g/mol. The molecular weight excluding hydrogens is 725 g/mol. The third kappa shape index (κ3) is 6.42. The topological polar surface area (TPSA) is 89.6 Å². The number of nitrogen functional groups attached to an aromatic ring is 1. The molecule has 4 aliphatic rings. The SMILES string of the molecule is [2H]C([2H])(Oc1nc(N2CCOC[C@H]3C[C@H]32)c2cnc(-c3cc(N)cc4cc(F)c(F)c(C#C[Si](C(C)C)(C(C)C)C(C)C)c34)c(F)c2n1)[C@@]12CCCN1C[C@H](F)C2. The van der Waals surface area contributed by atoms with Gasteiger partial charge in [-0.15, -0.1) is 5.54 Å². The summed E-state index contributed by atoms with van der Waals surface area (Å²) in [6, 6.07) is 3.66. The first-order valence-electron chi connectivity index (χ1n) is 20.5. The van der Waals surface area contributed by atoms with E-state index < -0.39 is 49.8 Å². The highest BCUT2D eigenvalue weighted by Crippen LogP contribution is 2.45. The van der Waals surface area contributed by atoms with E-state index in [0.29, 0.717) is 45.0 Å². The Balaban J connectivity index is 1.34. The number of alkyl halides is 1. The summed E-state index contributed by atoms with van der Waals surface area (Å²) in [6.07, 6.45) is 2.09. The number of halogens is 4. The highest BCUT2D eigenvalue weighted by atomic mass is 28.3. The van der Waals surface area contributed by atoms with E-state index in [1.54, 1.807) is 4.90 Å². The summed E-state index contributed by atoms with van der Waals surface area (Å²) in [5.41, 5.74) is 8.89. The fourth-order valence-electron chi connectivity index (χ4n) is 9.91. The van der Waals surface area contributed by atoms with E-state index in [-0.39, 0.29) is 85.7 Å². The van der Waals surface area contributed by atoms with Crippen LogP contribution in [-0.4, -0.2) is 85.1 Å². The minimum absolute atomic E-state index is 0.0456. The number of rotatable bonds is 8. The van der Waals surface area contributed by atoms with Gasteiger partial charge in [-0.25, -0.2) is 17.6 Å². The third-order valence-corrected chi connectivity index (χ3v) is 18.9. The van der Waals surface area contributed by atoms with Crippen LogP contribution in [0.25, 0.3) is 32.9 Å². The van der Waals surface area contributed by atoms with E-state index in [0.717, 1.165) is 12.5 Å². The lowest BCUT2D eigenvalue weighted by atomic mass is 9.95. The van der Waals surface area contributed by atoms with E-state index in [1.165, 1.54) is 18.3 Å². The van der Waals surface area contributed by atoms with Gasteiger partial charge in [0.25, 0.3) is 0 Å². The number of fused-ring (bicyclic) bond motifs is 4. The van der Waals surface area contributed by atoms with Gasteiger partial charge in [0.2, 0.25) is 0 Å². The molecule has 3 saturated heterocycles. The zero-order chi connectivity index (χ0) is 40.8. The summed E-state index contributed by atoms with van der Waals surface area (Å²) < 4.78 is 94.0. The van der Waals surface area contributed by atoms with Crippen molar-refractivity contribution in [3.05, 3.63) is 47.4 Å². The standard InChI is InChI=1S/C42H50F4N6O2Si/c1-23(2)55(24(3)4,25(5)6)13-8-30-35-26(15-33(44)36(30)45)14-29(47)17-31(35)38-37(46)39-32(19-48-38)40(52-11-12-53-21-27-16-34(27)52)50-41(49-39)54-22-42-9-7-10-51(42)20-28(43)18-42/h14-15,17,19,23-25,27-28,34H,7,9-12,16,18,20-22,47H2,1-6H3/t27-,28-,34-,42+/m1/s1/i22D2. The lowest BCUT2D eigenvalue weighted by Gasteiger charge is -2.38. The molecule has 0 spiro atoms. The fraction of sp³-hybridized carbons (Fsp3) is 0.548. The molecule has 2 N–H and O–H groups in total. The van der Waals surface area contributed by atoms with Crippen molar-refractivity contribution in [2.45, 2.75) is 102 Å². The number of aromatic nitrogens is 3. The molecule has 13 heteroatoms. The molecule has 0 bridgehead atoms. The molecule has 8 rings (SSSR count). The van der Waals surface area contributed by atoms with Crippen LogP contribution in [-0.2, 0) is 4.74 Å². The second kappa shape index (κ2) is 14.2. The Morgan fingerprint density at radius 2 is 1.84 bits per heavy atom. The zero-order valence-corrected chi connectivity index (χ0v) is 33.3. The molecule has 4 fully saturated rings. The van der Waals surface area contributed by atoms with Crippen molar-refractivity contribution in [2.75, 3.05) is 50.0 Å². The van der Waals surface area contributed by atoms with Gasteiger partial charge in [-0.2, -0.15) is 9.97 Å². The predicted molar refractivity (Wildman–Crippen MR) is 211 cm³/mol. The van der Waals surface area contributed by atoms with E-state index in [9.17, 15) is 4.39 Å². The first-order valence-corrected chi connectivity index (χ1v) is 21.8. The van der Waals surface area contributed by atoms with E-state index in [2.05, 4.69) is 63.0 Å². The minimum Gasteiger partial charge on any atom is -0.461 e. The summed E-state index contributed by atoms with van der Waals surface area (Å²) in [4.78, 5) is 17.6. The van der Waals surface area contributed by atoms with Crippen LogP contribution in [0.1, 0.15) is 75.5 Å². The Kier molecular flexibility index (Phi) is 9.14. The van der Waals surface area contributed by atoms with Gasteiger partial charge in [0.05, 0.1) is 32.4 Å². The molecule has 0 unspecified atom stereocenters. The number of pyridine rings is 1. The molecule has 0 radical (unpaired) electrons. The third-order valence-electron chi connectivity index (χ3n) is 12.6. The minimum atomic E-state index is -2.43. The average molecular weight is 777 g/mol. The molecule has 2 aromatic heterocycles. The van der Waals surface area contributed by atoms with Crippen molar-refractivity contribution in [3.63, 3.8) is 0 Å². The molecule has 2 aromatic carbocycles. The number of nitrogens with two attached hydrogens (primary N) is 1. The molecule has 4 atom stereocenters. The molecule has 1 aliphatic carbocycles. The fourth-order valence-corrected chi connectivity index (χ4v) is 15.1. The summed E-state index contributed by atoms with van der Waals surface area (Å²) in [5, 5.41) is 0.651. The summed E-state index contributed by atoms with van der Waals surface area (Å²) >= 11 is 0. The highest BCUT2D eigenvalue weighted by Gasteiger charge is 2.50. The lowest BCUT2D eigenvalue weighted by Crippen LogP contribution is -2.43. The maximum absolute atomic E-state index is 17.5. The van der Waals surface area contributed by atoms with Crippen LogP contribution >= 0.6 is 0 Å². The van der Waals surface area contributed by atoms with Gasteiger partial charge in [0.1, 0.15) is 37.8 Å². The van der Waals surface area contributed by atoms with Crippen molar-refractivity contribution in [3.8, 4) is 28.7 Å². The smallest absolute Gasteiger partial charge is 0.319 e. The Morgan fingerprint density at radius 3 is 2.58 bits per heavy atom. The van der Waals surface area contributed by atoms with Crippen molar-refractivity contribution < 1.29 is 29.8 Å². The van der Waals surface area contributed by atoms with Gasteiger partial charge in [0, 0.05) is 54.3 Å². The Morgan fingerprint density at radius 1 is 1.07 bits per heavy atom. The number of benzene rings is 2. The summed E-state index contributed by atoms with van der Waals surface area (Å²) in [6.45, 7) is 12.4. The Bertz CT molecular complexity index is 2300. The molecular formula is C42H50F4N6O2Si. The van der Waals surface area contributed by atoms with Gasteiger partial charge in [0.15, 0.2) is 17.5 Å². The van der Waals surface area contributed by atoms with E-state index in [1.807, 2.05) is 4.90 Å². The summed E-state index contributed by atoms with van der Waals surface area (Å²) in [5.74, 6) is 0.491. The second-order valence-electron chi connectivity index (χ2n) is 16.8. The molecule has 292 valence electrons. The number of hydrogen-bond acceptors (Lipinski definition) is 8. The van der Waals surface area contributed by atoms with Gasteiger partial charge in [-0.1, -0.05) is 47.5 Å². The maximum Gasteiger partial charge on any atom is 0.319 e. The van der Waals surface area contributed by atoms with Crippen molar-refractivity contribution in [1.29, 1.82) is 0 Å². The van der Waals surface area contributed by atoms with Crippen LogP contribution in [0.3, 0.4) is 0 Å². The van der Waals surface area contributed by atoms with Crippen LogP contribution in [0.5, 0.6) is 6.01 Å². The Labute approximate surface area is 324 Å². The largest absolute Gasteiger partial charge is 0.461 e. The molecule has 8 nitrogen and oxygen atoms in total. The molecule has 1 saturated carbocycles. The highest BCUT2D eigenvalue weighted by molar-refractivity contribution is 6.90. The maximum atomic E-state index is 17.5. The van der Waals surface area contributed by atoms with Crippen LogP contribution in [0.2, 0.25) is 16.6 Å². The number of anilines is 2. The summed E-state index contributed by atoms with van der Waals surface area (Å²) in [7, 11) is -2.43. The Hall–Kier alpha value is -3.99. The van der Waals surface area contributed by atoms with E-state index in [4.69, 9.17) is 22.9 Å². The molecule has 0 amide bonds. The van der Waals surface area contributed by atoms with Crippen molar-refractivity contribution in [1.82, 2.24) is 19.9 Å². The van der Waals surface area contributed by atoms with Gasteiger partial charge >= 0.3 is 6.01 Å². The lowest BCUT2D eigenvalue weighted by molar-refractivity contribution is 0.107. The average Bonchev–Trinajstić information content (AvgIpc) is 3.71. The van der Waals surface area contributed by atoms with Gasteiger partial charge < -0.3 is 20.1 Å². The second-order valence-corrected chi connectivity index (χ2v) is 22.4. The van der Waals surface area contributed by atoms with E-state index >= 15 is 13.2 Å². The number of ether oxygens (including phenoxy) is 2. The number of hydrogen-bond donors (Lipinski definition) is 1. The molecule has 55 heavy (non-hydrogen) atoms. The van der Waals surface area contributed by atoms with Crippen molar-refractivity contribution in [2.24, 2.45) is 5.92 Å². The molecule has 3 aliphatic heterocycles. The van der Waals surface area contributed by atoms with Crippen LogP contribution in [0, 0.1) is 34.8 Å². The van der Waals surface area contributed by atoms with Crippen LogP contribution in [0.15, 0.2) is 24.4 Å². The quantitative estimate of drug-likeness (QED) is 0.0825.